The number of rotatable bonds is 4. The summed E-state index contributed by atoms with van der Waals surface area (Å²) in [6.45, 7) is 9.09. The van der Waals surface area contributed by atoms with Gasteiger partial charge in [-0.3, -0.25) is 0 Å². The van der Waals surface area contributed by atoms with Crippen LogP contribution in [-0.2, 0) is 10.2 Å². The van der Waals surface area contributed by atoms with Gasteiger partial charge in [0, 0.05) is 18.3 Å². The zero-order valence-electron chi connectivity index (χ0n) is 13.6. The summed E-state index contributed by atoms with van der Waals surface area (Å²) in [6, 6.07) is 11.0. The normalized spacial score (nSPS) is 26.1. The summed E-state index contributed by atoms with van der Waals surface area (Å²) in [7, 11) is 0. The third-order valence-electron chi connectivity index (χ3n) is 4.60. The Morgan fingerprint density at radius 2 is 2.05 bits per heavy atom. The van der Waals surface area contributed by atoms with Gasteiger partial charge in [0.2, 0.25) is 0 Å². The second-order valence-electron chi connectivity index (χ2n) is 6.80. The quantitative estimate of drug-likeness (QED) is 0.900. The van der Waals surface area contributed by atoms with E-state index in [4.69, 9.17) is 4.74 Å². The molecule has 2 unspecified atom stereocenters. The van der Waals surface area contributed by atoms with Crippen LogP contribution < -0.4 is 5.32 Å². The molecule has 0 bridgehead atoms. The third kappa shape index (κ3) is 3.77. The van der Waals surface area contributed by atoms with Crippen LogP contribution in [0.15, 0.2) is 24.3 Å². The molecule has 3 heteroatoms. The highest BCUT2D eigenvalue weighted by Gasteiger charge is 2.31. The van der Waals surface area contributed by atoms with Gasteiger partial charge in [-0.15, -0.1) is 0 Å². The highest BCUT2D eigenvalue weighted by molar-refractivity contribution is 5.47. The number of nitriles is 1. The Balaban J connectivity index is 2.03. The van der Waals surface area contributed by atoms with Crippen molar-refractivity contribution in [1.82, 2.24) is 0 Å². The Morgan fingerprint density at radius 3 is 2.62 bits per heavy atom. The number of ether oxygens (including phenoxy) is 1. The van der Waals surface area contributed by atoms with Gasteiger partial charge in [-0.1, -0.05) is 19.1 Å². The van der Waals surface area contributed by atoms with E-state index < -0.39 is 5.41 Å². The van der Waals surface area contributed by atoms with Gasteiger partial charge in [0.1, 0.15) is 0 Å². The molecule has 1 aromatic carbocycles. The number of anilines is 1. The van der Waals surface area contributed by atoms with E-state index in [-0.39, 0.29) is 5.60 Å². The summed E-state index contributed by atoms with van der Waals surface area (Å²) in [5.74, 6) is 0. The van der Waals surface area contributed by atoms with Gasteiger partial charge in [0.15, 0.2) is 0 Å². The maximum Gasteiger partial charge on any atom is 0.0766 e. The van der Waals surface area contributed by atoms with Crippen molar-refractivity contribution in [3.05, 3.63) is 29.8 Å². The lowest BCUT2D eigenvalue weighted by Crippen LogP contribution is -2.41. The molecule has 1 aliphatic rings. The molecule has 1 saturated heterocycles. The molecule has 0 amide bonds. The van der Waals surface area contributed by atoms with Crippen molar-refractivity contribution in [3.63, 3.8) is 0 Å². The smallest absolute Gasteiger partial charge is 0.0766 e. The van der Waals surface area contributed by atoms with E-state index in [0.29, 0.717) is 6.04 Å². The first kappa shape index (κ1) is 15.9. The van der Waals surface area contributed by atoms with Crippen molar-refractivity contribution < 1.29 is 4.74 Å². The van der Waals surface area contributed by atoms with Crippen LogP contribution >= 0.6 is 0 Å². The van der Waals surface area contributed by atoms with Gasteiger partial charge in [-0.05, 0) is 57.7 Å². The van der Waals surface area contributed by atoms with Crippen LogP contribution in [0.4, 0.5) is 5.69 Å². The van der Waals surface area contributed by atoms with Crippen LogP contribution in [0.5, 0.6) is 0 Å². The predicted octanol–water partition coefficient (Wildman–Crippen LogP) is 4.25. The van der Waals surface area contributed by atoms with Crippen LogP contribution in [0.3, 0.4) is 0 Å². The van der Waals surface area contributed by atoms with Gasteiger partial charge in [-0.25, -0.2) is 0 Å². The third-order valence-corrected chi connectivity index (χ3v) is 4.60. The number of hydrogen-bond acceptors (Lipinski definition) is 3. The molecular formula is C18H26N2O. The maximum atomic E-state index is 9.18. The Morgan fingerprint density at radius 1 is 1.38 bits per heavy atom. The molecule has 1 fully saturated rings. The van der Waals surface area contributed by atoms with E-state index in [1.807, 2.05) is 26.0 Å². The minimum atomic E-state index is -0.433. The molecule has 3 nitrogen and oxygen atoms in total. The van der Waals surface area contributed by atoms with Crippen LogP contribution in [0, 0.1) is 11.3 Å². The van der Waals surface area contributed by atoms with E-state index in [1.165, 1.54) is 0 Å². The monoisotopic (exact) mass is 286 g/mol. The van der Waals surface area contributed by atoms with Gasteiger partial charge in [0.25, 0.3) is 0 Å². The van der Waals surface area contributed by atoms with Crippen molar-refractivity contribution in [2.45, 2.75) is 64.0 Å². The first-order valence-electron chi connectivity index (χ1n) is 7.81. The van der Waals surface area contributed by atoms with E-state index in [9.17, 15) is 5.26 Å². The highest BCUT2D eigenvalue weighted by Crippen LogP contribution is 2.30. The number of hydrogen-bond donors (Lipinski definition) is 1. The molecule has 1 heterocycles. The number of nitrogens with zero attached hydrogens (tertiary/aromatic N) is 1. The largest absolute Gasteiger partial charge is 0.382 e. The number of nitrogens with one attached hydrogen (secondary N) is 1. The van der Waals surface area contributed by atoms with Crippen LogP contribution in [0.2, 0.25) is 0 Å². The van der Waals surface area contributed by atoms with Gasteiger partial charge in [0.05, 0.1) is 17.1 Å². The molecule has 21 heavy (non-hydrogen) atoms. The van der Waals surface area contributed by atoms with Crippen LogP contribution in [-0.4, -0.2) is 18.2 Å². The summed E-state index contributed by atoms with van der Waals surface area (Å²) in [5.41, 5.74) is 1.75. The molecule has 0 aliphatic carbocycles. The van der Waals surface area contributed by atoms with Gasteiger partial charge >= 0.3 is 0 Å². The van der Waals surface area contributed by atoms with Crippen molar-refractivity contribution in [2.75, 3.05) is 11.9 Å². The molecule has 2 rings (SSSR count). The molecule has 1 aromatic rings. The molecule has 114 valence electrons. The fraction of sp³-hybridized carbons (Fsp3) is 0.611. The fourth-order valence-corrected chi connectivity index (χ4v) is 2.78. The SMILES string of the molecule is CCC1(C)CC(Nc2ccc(C(C)(C)C#N)cc2)CCO1. The van der Waals surface area contributed by atoms with Crippen molar-refractivity contribution in [2.24, 2.45) is 0 Å². The van der Waals surface area contributed by atoms with E-state index in [2.05, 4.69) is 37.4 Å². The summed E-state index contributed by atoms with van der Waals surface area (Å²) in [4.78, 5) is 0. The summed E-state index contributed by atoms with van der Waals surface area (Å²) in [5, 5.41) is 12.8. The predicted molar refractivity (Wildman–Crippen MR) is 86.4 cm³/mol. The van der Waals surface area contributed by atoms with E-state index in [1.54, 1.807) is 0 Å². The van der Waals surface area contributed by atoms with Gasteiger partial charge in [-0.2, -0.15) is 5.26 Å². The minimum absolute atomic E-state index is 0.00133. The zero-order valence-corrected chi connectivity index (χ0v) is 13.6. The van der Waals surface area contributed by atoms with Crippen LogP contribution in [0.1, 0.15) is 52.5 Å². The first-order valence-corrected chi connectivity index (χ1v) is 7.81. The maximum absolute atomic E-state index is 9.18. The zero-order chi connectivity index (χ0) is 15.5. The van der Waals surface area contributed by atoms with E-state index >= 15 is 0 Å². The fourth-order valence-electron chi connectivity index (χ4n) is 2.78. The molecule has 0 spiro atoms. The average Bonchev–Trinajstić information content (AvgIpc) is 2.48. The average molecular weight is 286 g/mol. The minimum Gasteiger partial charge on any atom is -0.382 e. The first-order chi connectivity index (χ1) is 9.88. The summed E-state index contributed by atoms with van der Waals surface area (Å²) >= 11 is 0. The Labute approximate surface area is 128 Å². The molecule has 1 N–H and O–H groups in total. The van der Waals surface area contributed by atoms with Crippen molar-refractivity contribution in [3.8, 4) is 6.07 Å². The topological polar surface area (TPSA) is 45.0 Å². The Hall–Kier alpha value is -1.53. The van der Waals surface area contributed by atoms with E-state index in [0.717, 1.165) is 37.1 Å². The van der Waals surface area contributed by atoms with Crippen molar-refractivity contribution >= 4 is 5.69 Å². The second-order valence-corrected chi connectivity index (χ2v) is 6.80. The lowest BCUT2D eigenvalue weighted by atomic mass is 9.86. The Kier molecular flexibility index (Phi) is 4.58. The molecule has 0 saturated carbocycles. The lowest BCUT2D eigenvalue weighted by molar-refractivity contribution is -0.0708. The second kappa shape index (κ2) is 6.07. The standard InChI is InChI=1S/C18H26N2O/c1-5-18(4)12-16(10-11-21-18)20-15-8-6-14(7-9-15)17(2,3)13-19/h6-9,16,20H,5,10-12H2,1-4H3. The Bertz CT molecular complexity index is 515. The molecular weight excluding hydrogens is 260 g/mol. The van der Waals surface area contributed by atoms with Gasteiger partial charge < -0.3 is 10.1 Å². The lowest BCUT2D eigenvalue weighted by Gasteiger charge is -2.38. The number of benzene rings is 1. The molecule has 0 aromatic heterocycles. The van der Waals surface area contributed by atoms with Crippen LogP contribution in [0.25, 0.3) is 0 Å². The molecule has 2 atom stereocenters. The van der Waals surface area contributed by atoms with Crippen molar-refractivity contribution in [1.29, 1.82) is 5.26 Å². The summed E-state index contributed by atoms with van der Waals surface area (Å²) < 4.78 is 5.88. The highest BCUT2D eigenvalue weighted by atomic mass is 16.5. The molecule has 1 aliphatic heterocycles. The molecule has 0 radical (unpaired) electrons. The summed E-state index contributed by atoms with van der Waals surface area (Å²) in [6.07, 6.45) is 3.12.